The highest BCUT2D eigenvalue weighted by Crippen LogP contribution is 2.64. The molecule has 3 aliphatic carbocycles. The van der Waals surface area contributed by atoms with Gasteiger partial charge in [-0.1, -0.05) is 23.2 Å². The highest BCUT2D eigenvalue weighted by atomic mass is 35.5. The van der Waals surface area contributed by atoms with Gasteiger partial charge in [0, 0.05) is 23.2 Å². The van der Waals surface area contributed by atoms with E-state index in [2.05, 4.69) is 10.3 Å². The molecule has 9 heteroatoms. The van der Waals surface area contributed by atoms with Crippen LogP contribution in [0.5, 0.6) is 5.75 Å². The van der Waals surface area contributed by atoms with Crippen molar-refractivity contribution in [2.45, 2.75) is 30.3 Å². The normalized spacial score (nSPS) is 24.4. The number of benzene rings is 2. The quantitative estimate of drug-likeness (QED) is 0.565. The number of nitrogens with one attached hydrogen (secondary N) is 2. The summed E-state index contributed by atoms with van der Waals surface area (Å²) >= 11 is 11.6. The Bertz CT molecular complexity index is 1270. The zero-order valence-electron chi connectivity index (χ0n) is 15.8. The van der Waals surface area contributed by atoms with Crippen LogP contribution in [0.25, 0.3) is 10.9 Å². The van der Waals surface area contributed by atoms with E-state index in [-0.39, 0.29) is 16.1 Å². The van der Waals surface area contributed by atoms with Crippen LogP contribution in [-0.4, -0.2) is 28.2 Å². The Kier molecular flexibility index (Phi) is 4.47. The molecule has 6 rings (SSSR count). The van der Waals surface area contributed by atoms with Crippen molar-refractivity contribution in [2.75, 3.05) is 13.2 Å². The molecule has 0 saturated heterocycles. The van der Waals surface area contributed by atoms with Crippen LogP contribution in [0.3, 0.4) is 0 Å². The first-order valence-electron chi connectivity index (χ1n) is 9.59. The Morgan fingerprint density at radius 1 is 1.13 bits per heavy atom. The summed E-state index contributed by atoms with van der Waals surface area (Å²) in [7, 11) is 0. The van der Waals surface area contributed by atoms with Gasteiger partial charge in [0.1, 0.15) is 18.2 Å². The van der Waals surface area contributed by atoms with Crippen molar-refractivity contribution in [3.8, 4) is 5.75 Å². The molecule has 2 aromatic carbocycles. The third-order valence-electron chi connectivity index (χ3n) is 6.10. The molecule has 2 bridgehead atoms. The zero-order valence-corrected chi connectivity index (χ0v) is 17.3. The third kappa shape index (κ3) is 3.04. The lowest BCUT2D eigenvalue weighted by molar-refractivity contribution is -0.143. The maximum Gasteiger partial charge on any atom is 0.329 e. The van der Waals surface area contributed by atoms with Gasteiger partial charge in [-0.05, 0) is 49.6 Å². The van der Waals surface area contributed by atoms with E-state index in [1.54, 1.807) is 24.3 Å². The second kappa shape index (κ2) is 6.83. The van der Waals surface area contributed by atoms with Gasteiger partial charge in [-0.2, -0.15) is 0 Å². The number of ether oxygens (including phenoxy) is 1. The Morgan fingerprint density at radius 3 is 2.63 bits per heavy atom. The molecule has 0 atom stereocenters. The summed E-state index contributed by atoms with van der Waals surface area (Å²) in [4.78, 5) is 28.3. The number of nitrogens with zero attached hydrogens (tertiary/aromatic N) is 1. The van der Waals surface area contributed by atoms with E-state index in [4.69, 9.17) is 27.9 Å². The minimum absolute atomic E-state index is 0.0571. The van der Waals surface area contributed by atoms with Gasteiger partial charge in [0.05, 0.1) is 21.5 Å². The van der Waals surface area contributed by atoms with Crippen molar-refractivity contribution in [1.82, 2.24) is 14.9 Å². The minimum Gasteiger partial charge on any atom is -0.492 e. The van der Waals surface area contributed by atoms with Gasteiger partial charge in [0.2, 0.25) is 0 Å². The zero-order chi connectivity index (χ0) is 21.1. The van der Waals surface area contributed by atoms with Crippen molar-refractivity contribution in [2.24, 2.45) is 0 Å². The second-order valence-electron chi connectivity index (χ2n) is 8.15. The maximum absolute atomic E-state index is 13.4. The summed E-state index contributed by atoms with van der Waals surface area (Å²) in [5.41, 5.74) is -0.770. The Balaban J connectivity index is 1.23. The van der Waals surface area contributed by atoms with Crippen LogP contribution in [0.2, 0.25) is 10.0 Å². The van der Waals surface area contributed by atoms with Crippen LogP contribution < -0.4 is 21.3 Å². The number of halogens is 3. The molecule has 1 aromatic heterocycles. The number of hydrogen-bond acceptors (Lipinski definition) is 4. The molecular weight excluding hydrogens is 432 g/mol. The number of fused-ring (bicyclic) bond motifs is 1. The van der Waals surface area contributed by atoms with Crippen LogP contribution >= 0.6 is 23.2 Å². The van der Waals surface area contributed by atoms with Gasteiger partial charge in [-0.25, -0.2) is 9.18 Å². The van der Waals surface area contributed by atoms with Crippen molar-refractivity contribution < 1.29 is 9.13 Å². The molecular formula is C21H18Cl2FN3O3. The number of hydrogen-bond donors (Lipinski definition) is 2. The molecule has 2 N–H and O–H groups in total. The first-order valence-corrected chi connectivity index (χ1v) is 10.3. The lowest BCUT2D eigenvalue weighted by Crippen LogP contribution is -2.80. The van der Waals surface area contributed by atoms with Crippen molar-refractivity contribution in [3.63, 3.8) is 0 Å². The predicted octanol–water partition coefficient (Wildman–Crippen LogP) is 3.44. The molecule has 0 radical (unpaired) electrons. The van der Waals surface area contributed by atoms with Crippen molar-refractivity contribution >= 4 is 34.1 Å². The Morgan fingerprint density at radius 2 is 1.90 bits per heavy atom. The van der Waals surface area contributed by atoms with E-state index in [0.717, 1.165) is 0 Å². The molecule has 30 heavy (non-hydrogen) atoms. The van der Waals surface area contributed by atoms with Crippen molar-refractivity contribution in [3.05, 3.63) is 73.1 Å². The SMILES string of the molecule is O=c1[nH]c2cc(Cl)ccc2c(=O)n1C12CC(NCCOc3ccc(Cl)c(F)c3)(C1)C2. The topological polar surface area (TPSA) is 76.1 Å². The fourth-order valence-electron chi connectivity index (χ4n) is 4.83. The summed E-state index contributed by atoms with van der Waals surface area (Å²) in [5.74, 6) is -0.0982. The van der Waals surface area contributed by atoms with E-state index >= 15 is 0 Å². The number of rotatable bonds is 6. The molecule has 6 nitrogen and oxygen atoms in total. The van der Waals surface area contributed by atoms with E-state index in [0.29, 0.717) is 54.1 Å². The molecule has 3 saturated carbocycles. The van der Waals surface area contributed by atoms with Gasteiger partial charge in [0.25, 0.3) is 5.56 Å². The molecule has 0 spiro atoms. The van der Waals surface area contributed by atoms with Gasteiger partial charge in [0.15, 0.2) is 0 Å². The highest BCUT2D eigenvalue weighted by molar-refractivity contribution is 6.31. The number of aromatic nitrogens is 2. The van der Waals surface area contributed by atoms with E-state index < -0.39 is 17.0 Å². The lowest BCUT2D eigenvalue weighted by atomic mass is 9.44. The molecule has 1 heterocycles. The molecule has 156 valence electrons. The Hall–Kier alpha value is -2.35. The molecule has 3 aromatic rings. The average molecular weight is 450 g/mol. The van der Waals surface area contributed by atoms with Crippen LogP contribution in [0.4, 0.5) is 4.39 Å². The fourth-order valence-corrected chi connectivity index (χ4v) is 5.12. The van der Waals surface area contributed by atoms with Gasteiger partial charge in [-0.15, -0.1) is 0 Å². The van der Waals surface area contributed by atoms with E-state index in [9.17, 15) is 14.0 Å². The fraction of sp³-hybridized carbons (Fsp3) is 0.333. The largest absolute Gasteiger partial charge is 0.492 e. The van der Waals surface area contributed by atoms with Crippen molar-refractivity contribution in [1.29, 1.82) is 0 Å². The summed E-state index contributed by atoms with van der Waals surface area (Å²) in [6.07, 6.45) is 2.12. The second-order valence-corrected chi connectivity index (χ2v) is 8.99. The Labute approximate surface area is 180 Å². The van der Waals surface area contributed by atoms with Crippen LogP contribution in [0, 0.1) is 5.82 Å². The average Bonchev–Trinajstić information content (AvgIpc) is 2.63. The monoisotopic (exact) mass is 449 g/mol. The molecule has 0 aliphatic heterocycles. The first-order chi connectivity index (χ1) is 14.3. The summed E-state index contributed by atoms with van der Waals surface area (Å²) in [5, 5.41) is 4.42. The van der Waals surface area contributed by atoms with Crippen LogP contribution in [0.15, 0.2) is 46.0 Å². The number of aromatic amines is 1. The standard InChI is InChI=1S/C21H18Cl2FN3O3/c22-12-1-3-14-17(7-12)26-19(29)27(18(14)28)21-9-20(10-21,11-21)25-5-6-30-13-2-4-15(23)16(24)8-13/h1-4,7-8,25H,5-6,9-11H2,(H,26,29). The van der Waals surface area contributed by atoms with Crippen LogP contribution in [-0.2, 0) is 5.54 Å². The smallest absolute Gasteiger partial charge is 0.329 e. The van der Waals surface area contributed by atoms with Crippen LogP contribution in [0.1, 0.15) is 19.3 Å². The summed E-state index contributed by atoms with van der Waals surface area (Å²) in [6.45, 7) is 0.939. The van der Waals surface area contributed by atoms with Gasteiger partial charge < -0.3 is 15.0 Å². The number of H-pyrrole nitrogens is 1. The lowest BCUT2D eigenvalue weighted by Gasteiger charge is -2.70. The minimum atomic E-state index is -0.517. The predicted molar refractivity (Wildman–Crippen MR) is 113 cm³/mol. The summed E-state index contributed by atoms with van der Waals surface area (Å²) < 4.78 is 20.4. The van der Waals surface area contributed by atoms with E-state index in [1.807, 2.05) is 0 Å². The highest BCUT2D eigenvalue weighted by Gasteiger charge is 2.69. The molecule has 3 aliphatic rings. The third-order valence-corrected chi connectivity index (χ3v) is 6.64. The first kappa shape index (κ1) is 19.6. The van der Waals surface area contributed by atoms with Gasteiger partial charge >= 0.3 is 5.69 Å². The molecule has 0 amide bonds. The summed E-state index contributed by atoms with van der Waals surface area (Å²) in [6, 6.07) is 9.20. The van der Waals surface area contributed by atoms with E-state index in [1.165, 1.54) is 16.7 Å². The molecule has 0 unspecified atom stereocenters. The maximum atomic E-state index is 13.4. The van der Waals surface area contributed by atoms with Gasteiger partial charge in [-0.3, -0.25) is 9.36 Å². The molecule has 3 fully saturated rings.